The number of amides is 1. The van der Waals surface area contributed by atoms with Crippen LogP contribution in [0.2, 0.25) is 5.02 Å². The fourth-order valence-corrected chi connectivity index (χ4v) is 2.63. The van der Waals surface area contributed by atoms with Crippen LogP contribution in [-0.4, -0.2) is 25.1 Å². The smallest absolute Gasteiger partial charge is 0.306 e. The van der Waals surface area contributed by atoms with E-state index >= 15 is 0 Å². The van der Waals surface area contributed by atoms with Crippen LogP contribution in [0.25, 0.3) is 0 Å². The van der Waals surface area contributed by atoms with Crippen molar-refractivity contribution < 1.29 is 19.1 Å². The molecule has 1 amide bonds. The third-order valence-electron chi connectivity index (χ3n) is 3.88. The molecule has 0 bridgehead atoms. The Morgan fingerprint density at radius 3 is 2.42 bits per heavy atom. The number of benzene rings is 2. The molecule has 0 radical (unpaired) electrons. The van der Waals surface area contributed by atoms with Gasteiger partial charge in [-0.25, -0.2) is 0 Å². The molecule has 6 heteroatoms. The van der Waals surface area contributed by atoms with Gasteiger partial charge in [-0.1, -0.05) is 48.0 Å². The molecule has 2 aromatic rings. The minimum atomic E-state index is -0.873. The third kappa shape index (κ3) is 5.77. The second-order valence-corrected chi connectivity index (χ2v) is 6.16. The molecule has 1 N–H and O–H groups in total. The Morgan fingerprint density at radius 2 is 1.73 bits per heavy atom. The van der Waals surface area contributed by atoms with Crippen molar-refractivity contribution in [2.45, 2.75) is 32.4 Å². The Bertz CT molecular complexity index is 763. The number of para-hydroxylation sites is 1. The lowest BCUT2D eigenvalue weighted by Crippen LogP contribution is -2.35. The summed E-state index contributed by atoms with van der Waals surface area (Å²) in [4.78, 5) is 24.1. The van der Waals surface area contributed by atoms with E-state index in [1.807, 2.05) is 42.5 Å². The van der Waals surface area contributed by atoms with Gasteiger partial charge in [0.1, 0.15) is 5.75 Å². The first kappa shape index (κ1) is 19.8. The number of aryl methyl sites for hydroxylation is 1. The predicted molar refractivity (Wildman–Crippen MR) is 100 cm³/mol. The fourth-order valence-electron chi connectivity index (χ4n) is 2.42. The number of carbonyl (C=O) groups excluding carboxylic acids is 2. The van der Waals surface area contributed by atoms with Crippen LogP contribution >= 0.6 is 11.6 Å². The molecule has 2 rings (SSSR count). The van der Waals surface area contributed by atoms with Crippen molar-refractivity contribution in [3.63, 3.8) is 0 Å². The third-order valence-corrected chi connectivity index (χ3v) is 4.25. The topological polar surface area (TPSA) is 64.6 Å². The number of methoxy groups -OCH3 is 1. The van der Waals surface area contributed by atoms with Gasteiger partial charge in [0.25, 0.3) is 5.91 Å². The van der Waals surface area contributed by atoms with Crippen LogP contribution in [0.3, 0.4) is 0 Å². The summed E-state index contributed by atoms with van der Waals surface area (Å²) < 4.78 is 10.5. The lowest BCUT2D eigenvalue weighted by atomic mass is 10.1. The Balaban J connectivity index is 1.79. The van der Waals surface area contributed by atoms with Gasteiger partial charge in [-0.3, -0.25) is 9.59 Å². The molecule has 1 atom stereocenters. The molecule has 138 valence electrons. The molecule has 0 saturated carbocycles. The number of esters is 1. The predicted octanol–water partition coefficient (Wildman–Crippen LogP) is 3.53. The van der Waals surface area contributed by atoms with Crippen molar-refractivity contribution in [2.24, 2.45) is 0 Å². The number of rotatable bonds is 8. The number of halogens is 1. The van der Waals surface area contributed by atoms with E-state index in [1.54, 1.807) is 20.1 Å². The van der Waals surface area contributed by atoms with E-state index < -0.39 is 12.1 Å². The standard InChI is InChI=1S/C20H22ClNO4/c1-14(20(24)22-13-16-8-3-5-9-17(16)21)26-19(23)12-11-15-7-4-6-10-18(15)25-2/h3-10,14H,11-13H2,1-2H3,(H,22,24)/t14-/m0/s1. The summed E-state index contributed by atoms with van der Waals surface area (Å²) in [7, 11) is 1.59. The molecule has 0 aliphatic heterocycles. The van der Waals surface area contributed by atoms with Crippen LogP contribution in [0.1, 0.15) is 24.5 Å². The summed E-state index contributed by atoms with van der Waals surface area (Å²) in [6, 6.07) is 14.7. The Labute approximate surface area is 158 Å². The average Bonchev–Trinajstić information content (AvgIpc) is 2.65. The molecule has 0 unspecified atom stereocenters. The lowest BCUT2D eigenvalue weighted by Gasteiger charge is -2.14. The van der Waals surface area contributed by atoms with Gasteiger partial charge in [-0.05, 0) is 36.6 Å². The van der Waals surface area contributed by atoms with Gasteiger partial charge in [-0.2, -0.15) is 0 Å². The van der Waals surface area contributed by atoms with Gasteiger partial charge in [0.15, 0.2) is 6.10 Å². The highest BCUT2D eigenvalue weighted by Gasteiger charge is 2.18. The maximum absolute atomic E-state index is 12.1. The second kappa shape index (κ2) is 9.82. The van der Waals surface area contributed by atoms with Gasteiger partial charge < -0.3 is 14.8 Å². The minimum Gasteiger partial charge on any atom is -0.496 e. The Hall–Kier alpha value is -2.53. The fraction of sp³-hybridized carbons (Fsp3) is 0.300. The summed E-state index contributed by atoms with van der Waals surface area (Å²) in [5.74, 6) is -0.0716. The molecule has 0 aliphatic carbocycles. The number of carbonyl (C=O) groups is 2. The number of hydrogen-bond acceptors (Lipinski definition) is 4. The van der Waals surface area contributed by atoms with Crippen LogP contribution in [0.5, 0.6) is 5.75 Å². The zero-order valence-electron chi connectivity index (χ0n) is 14.8. The second-order valence-electron chi connectivity index (χ2n) is 5.75. The summed E-state index contributed by atoms with van der Waals surface area (Å²) in [5.41, 5.74) is 1.72. The molecular formula is C20H22ClNO4. The van der Waals surface area contributed by atoms with Crippen LogP contribution in [0, 0.1) is 0 Å². The maximum Gasteiger partial charge on any atom is 0.306 e. The van der Waals surface area contributed by atoms with E-state index in [2.05, 4.69) is 5.32 Å². The number of nitrogens with one attached hydrogen (secondary N) is 1. The Kier molecular flexibility index (Phi) is 7.48. The van der Waals surface area contributed by atoms with Gasteiger partial charge in [0.05, 0.1) is 7.11 Å². The molecule has 0 saturated heterocycles. The van der Waals surface area contributed by atoms with E-state index in [9.17, 15) is 9.59 Å². The SMILES string of the molecule is COc1ccccc1CCC(=O)O[C@@H](C)C(=O)NCc1ccccc1Cl. The largest absolute Gasteiger partial charge is 0.496 e. The van der Waals surface area contributed by atoms with Crippen LogP contribution in [0.15, 0.2) is 48.5 Å². The quantitative estimate of drug-likeness (QED) is 0.717. The normalized spacial score (nSPS) is 11.5. The molecular weight excluding hydrogens is 354 g/mol. The molecule has 0 aromatic heterocycles. The van der Waals surface area contributed by atoms with Crippen molar-refractivity contribution in [2.75, 3.05) is 7.11 Å². The average molecular weight is 376 g/mol. The van der Waals surface area contributed by atoms with E-state index in [0.717, 1.165) is 16.9 Å². The van der Waals surface area contributed by atoms with E-state index in [1.165, 1.54) is 0 Å². The van der Waals surface area contributed by atoms with E-state index in [4.69, 9.17) is 21.1 Å². The maximum atomic E-state index is 12.1. The highest BCUT2D eigenvalue weighted by molar-refractivity contribution is 6.31. The van der Waals surface area contributed by atoms with E-state index in [-0.39, 0.29) is 18.9 Å². The molecule has 2 aromatic carbocycles. The highest BCUT2D eigenvalue weighted by Crippen LogP contribution is 2.19. The van der Waals surface area contributed by atoms with E-state index in [0.29, 0.717) is 11.4 Å². The van der Waals surface area contributed by atoms with Gasteiger partial charge in [0, 0.05) is 18.0 Å². The summed E-state index contributed by atoms with van der Waals surface area (Å²) >= 11 is 6.05. The van der Waals surface area contributed by atoms with Crippen molar-refractivity contribution >= 4 is 23.5 Å². The molecule has 0 fully saturated rings. The number of hydrogen-bond donors (Lipinski definition) is 1. The van der Waals surface area contributed by atoms with Crippen LogP contribution in [0.4, 0.5) is 0 Å². The first-order valence-electron chi connectivity index (χ1n) is 8.33. The summed E-state index contributed by atoms with van der Waals surface area (Å²) in [5, 5.41) is 3.29. The molecule has 5 nitrogen and oxygen atoms in total. The monoisotopic (exact) mass is 375 g/mol. The first-order chi connectivity index (χ1) is 12.5. The van der Waals surface area contributed by atoms with Gasteiger partial charge >= 0.3 is 5.97 Å². The van der Waals surface area contributed by atoms with Gasteiger partial charge in [0.2, 0.25) is 0 Å². The molecule has 0 spiro atoms. The van der Waals surface area contributed by atoms with Gasteiger partial charge in [-0.15, -0.1) is 0 Å². The number of ether oxygens (including phenoxy) is 2. The lowest BCUT2D eigenvalue weighted by molar-refractivity contribution is -0.154. The zero-order valence-corrected chi connectivity index (χ0v) is 15.6. The summed E-state index contributed by atoms with van der Waals surface area (Å²) in [6.07, 6.45) is -0.220. The van der Waals surface area contributed by atoms with Crippen molar-refractivity contribution in [3.05, 3.63) is 64.7 Å². The van der Waals surface area contributed by atoms with Crippen molar-refractivity contribution in [1.29, 1.82) is 0 Å². The summed E-state index contributed by atoms with van der Waals surface area (Å²) in [6.45, 7) is 1.82. The highest BCUT2D eigenvalue weighted by atomic mass is 35.5. The van der Waals surface area contributed by atoms with Crippen molar-refractivity contribution in [1.82, 2.24) is 5.32 Å². The van der Waals surface area contributed by atoms with Crippen LogP contribution < -0.4 is 10.1 Å². The minimum absolute atomic E-state index is 0.169. The Morgan fingerprint density at radius 1 is 1.08 bits per heavy atom. The zero-order chi connectivity index (χ0) is 18.9. The molecule has 0 heterocycles. The first-order valence-corrected chi connectivity index (χ1v) is 8.71. The molecule has 26 heavy (non-hydrogen) atoms. The molecule has 0 aliphatic rings. The van der Waals surface area contributed by atoms with Crippen LogP contribution in [-0.2, 0) is 27.3 Å². The van der Waals surface area contributed by atoms with Crippen molar-refractivity contribution in [3.8, 4) is 5.75 Å².